The Labute approximate surface area is 149 Å². The maximum absolute atomic E-state index is 12.1. The van der Waals surface area contributed by atoms with Gasteiger partial charge in [0, 0.05) is 45.5 Å². The van der Waals surface area contributed by atoms with E-state index < -0.39 is 0 Å². The fraction of sp³-hybridized carbons (Fsp3) is 0.667. The minimum atomic E-state index is -0.152. The quantitative estimate of drug-likeness (QED) is 0.838. The molecule has 2 fully saturated rings. The third kappa shape index (κ3) is 5.06. The van der Waals surface area contributed by atoms with Crippen LogP contribution in [0.3, 0.4) is 0 Å². The second kappa shape index (κ2) is 8.49. The summed E-state index contributed by atoms with van der Waals surface area (Å²) in [5.41, 5.74) is 1.06. The van der Waals surface area contributed by atoms with Crippen LogP contribution < -0.4 is 15.5 Å². The number of urea groups is 1. The molecule has 2 aliphatic heterocycles. The summed E-state index contributed by atoms with van der Waals surface area (Å²) in [6, 6.07) is 3.89. The molecule has 2 aliphatic rings. The molecule has 2 atom stereocenters. The van der Waals surface area contributed by atoms with Gasteiger partial charge < -0.3 is 25.2 Å². The summed E-state index contributed by atoms with van der Waals surface area (Å²) in [5.74, 6) is 0.987. The van der Waals surface area contributed by atoms with Crippen LogP contribution in [0.2, 0.25) is 0 Å². The number of anilines is 1. The van der Waals surface area contributed by atoms with Crippen molar-refractivity contribution in [3.63, 3.8) is 0 Å². The number of hydrogen-bond acceptors (Lipinski definition) is 5. The first-order valence-electron chi connectivity index (χ1n) is 9.16. The Morgan fingerprint density at radius 3 is 2.92 bits per heavy atom. The molecule has 2 unspecified atom stereocenters. The number of aromatic nitrogens is 1. The lowest BCUT2D eigenvalue weighted by Crippen LogP contribution is -2.45. The van der Waals surface area contributed by atoms with E-state index in [4.69, 9.17) is 4.74 Å². The number of nitrogens with one attached hydrogen (secondary N) is 2. The molecule has 0 aromatic carbocycles. The van der Waals surface area contributed by atoms with Gasteiger partial charge in [-0.05, 0) is 44.5 Å². The number of nitrogens with zero attached hydrogens (tertiary/aromatic N) is 3. The topological polar surface area (TPSA) is 69.7 Å². The maximum atomic E-state index is 12.1. The van der Waals surface area contributed by atoms with Crippen molar-refractivity contribution in [2.45, 2.75) is 38.5 Å². The number of amides is 2. The van der Waals surface area contributed by atoms with Gasteiger partial charge in [-0.25, -0.2) is 9.78 Å². The van der Waals surface area contributed by atoms with E-state index in [-0.39, 0.29) is 18.2 Å². The first kappa shape index (κ1) is 17.9. The Morgan fingerprint density at radius 2 is 2.20 bits per heavy atom. The van der Waals surface area contributed by atoms with Crippen molar-refractivity contribution < 1.29 is 9.53 Å². The zero-order valence-corrected chi connectivity index (χ0v) is 15.2. The van der Waals surface area contributed by atoms with Gasteiger partial charge in [-0.15, -0.1) is 0 Å². The Bertz CT molecular complexity index is 568. The number of likely N-dealkylation sites (N-methyl/N-ethyl adjacent to an activating group) is 1. The molecule has 138 valence electrons. The summed E-state index contributed by atoms with van der Waals surface area (Å²) in [6.07, 6.45) is 4.04. The molecule has 0 radical (unpaired) electrons. The third-order valence-corrected chi connectivity index (χ3v) is 4.97. The van der Waals surface area contributed by atoms with Crippen LogP contribution in [0.5, 0.6) is 0 Å². The summed E-state index contributed by atoms with van der Waals surface area (Å²) in [7, 11) is 2.14. The highest BCUT2D eigenvalue weighted by Crippen LogP contribution is 2.16. The number of carbonyl (C=O) groups excluding carboxylic acids is 1. The zero-order valence-electron chi connectivity index (χ0n) is 15.2. The molecular weight excluding hydrogens is 318 g/mol. The van der Waals surface area contributed by atoms with Gasteiger partial charge in [0.2, 0.25) is 0 Å². The van der Waals surface area contributed by atoms with Gasteiger partial charge in [0.25, 0.3) is 0 Å². The van der Waals surface area contributed by atoms with Crippen molar-refractivity contribution in [1.29, 1.82) is 0 Å². The highest BCUT2D eigenvalue weighted by atomic mass is 16.5. The van der Waals surface area contributed by atoms with Gasteiger partial charge >= 0.3 is 6.03 Å². The van der Waals surface area contributed by atoms with E-state index in [0.29, 0.717) is 6.54 Å². The summed E-state index contributed by atoms with van der Waals surface area (Å²) in [4.78, 5) is 21.2. The normalized spacial score (nSPS) is 22.6. The van der Waals surface area contributed by atoms with Crippen LogP contribution in [0.25, 0.3) is 0 Å². The SMILES string of the molecule is CC(NC(=O)NCc1ccnc(N2CCN(C)CC2)c1)C1CCCO1. The predicted molar refractivity (Wildman–Crippen MR) is 97.8 cm³/mol. The number of pyridine rings is 1. The van der Waals surface area contributed by atoms with Crippen molar-refractivity contribution >= 4 is 11.8 Å². The van der Waals surface area contributed by atoms with E-state index >= 15 is 0 Å². The molecular formula is C18H29N5O2. The van der Waals surface area contributed by atoms with Gasteiger partial charge in [-0.3, -0.25) is 0 Å². The van der Waals surface area contributed by atoms with Gasteiger partial charge in [0.15, 0.2) is 0 Å². The van der Waals surface area contributed by atoms with Crippen molar-refractivity contribution in [3.8, 4) is 0 Å². The third-order valence-electron chi connectivity index (χ3n) is 4.97. The minimum Gasteiger partial charge on any atom is -0.376 e. The van der Waals surface area contributed by atoms with Crippen molar-refractivity contribution in [2.75, 3.05) is 44.7 Å². The molecule has 25 heavy (non-hydrogen) atoms. The van der Waals surface area contributed by atoms with Crippen molar-refractivity contribution in [2.24, 2.45) is 0 Å². The largest absolute Gasteiger partial charge is 0.376 e. The molecule has 2 saturated heterocycles. The Balaban J connectivity index is 1.47. The number of ether oxygens (including phenoxy) is 1. The van der Waals surface area contributed by atoms with Gasteiger partial charge in [0.1, 0.15) is 5.82 Å². The average molecular weight is 347 g/mol. The van der Waals surface area contributed by atoms with E-state index in [0.717, 1.165) is 57.0 Å². The first-order chi connectivity index (χ1) is 12.1. The summed E-state index contributed by atoms with van der Waals surface area (Å²) < 4.78 is 5.61. The number of piperazine rings is 1. The van der Waals surface area contributed by atoms with Crippen LogP contribution >= 0.6 is 0 Å². The van der Waals surface area contributed by atoms with Crippen LogP contribution in [0.4, 0.5) is 10.6 Å². The van der Waals surface area contributed by atoms with E-state index in [2.05, 4.69) is 38.5 Å². The Morgan fingerprint density at radius 1 is 1.40 bits per heavy atom. The lowest BCUT2D eigenvalue weighted by molar-refractivity contribution is 0.0860. The molecule has 0 aliphatic carbocycles. The second-order valence-electron chi connectivity index (χ2n) is 6.98. The summed E-state index contributed by atoms with van der Waals surface area (Å²) in [6.45, 7) is 7.35. The number of rotatable bonds is 5. The molecule has 2 amide bonds. The smallest absolute Gasteiger partial charge is 0.315 e. The predicted octanol–water partition coefficient (Wildman–Crippen LogP) is 1.20. The molecule has 3 rings (SSSR count). The van der Waals surface area contributed by atoms with E-state index in [1.807, 2.05) is 19.2 Å². The standard InChI is InChI=1S/C18H29N5O2/c1-14(16-4-3-11-25-16)21-18(24)20-13-15-5-6-19-17(12-15)23-9-7-22(2)8-10-23/h5-6,12,14,16H,3-4,7-11,13H2,1-2H3,(H2,20,21,24). The lowest BCUT2D eigenvalue weighted by atomic mass is 10.1. The van der Waals surface area contributed by atoms with Crippen molar-refractivity contribution in [3.05, 3.63) is 23.9 Å². The van der Waals surface area contributed by atoms with Crippen LogP contribution in [-0.4, -0.2) is 67.9 Å². The molecule has 0 bridgehead atoms. The molecule has 1 aromatic heterocycles. The average Bonchev–Trinajstić information content (AvgIpc) is 3.16. The fourth-order valence-electron chi connectivity index (χ4n) is 3.31. The van der Waals surface area contributed by atoms with Crippen LogP contribution in [0.1, 0.15) is 25.3 Å². The van der Waals surface area contributed by atoms with Crippen LogP contribution in [0.15, 0.2) is 18.3 Å². The van der Waals surface area contributed by atoms with Gasteiger partial charge in [0.05, 0.1) is 12.1 Å². The van der Waals surface area contributed by atoms with Gasteiger partial charge in [-0.2, -0.15) is 0 Å². The molecule has 1 aromatic rings. The van der Waals surface area contributed by atoms with E-state index in [9.17, 15) is 4.79 Å². The van der Waals surface area contributed by atoms with E-state index in [1.54, 1.807) is 0 Å². The van der Waals surface area contributed by atoms with Crippen LogP contribution in [-0.2, 0) is 11.3 Å². The van der Waals surface area contributed by atoms with Crippen molar-refractivity contribution in [1.82, 2.24) is 20.5 Å². The Hall–Kier alpha value is -1.86. The second-order valence-corrected chi connectivity index (χ2v) is 6.98. The first-order valence-corrected chi connectivity index (χ1v) is 9.16. The fourth-order valence-corrected chi connectivity index (χ4v) is 3.31. The monoisotopic (exact) mass is 347 g/mol. The molecule has 3 heterocycles. The lowest BCUT2D eigenvalue weighted by Gasteiger charge is -2.33. The van der Waals surface area contributed by atoms with Crippen LogP contribution in [0, 0.1) is 0 Å². The molecule has 2 N–H and O–H groups in total. The molecule has 7 heteroatoms. The van der Waals surface area contributed by atoms with E-state index in [1.165, 1.54) is 0 Å². The maximum Gasteiger partial charge on any atom is 0.315 e. The van der Waals surface area contributed by atoms with Gasteiger partial charge in [-0.1, -0.05) is 0 Å². The zero-order chi connectivity index (χ0) is 17.6. The highest BCUT2D eigenvalue weighted by Gasteiger charge is 2.23. The number of carbonyl (C=O) groups is 1. The summed E-state index contributed by atoms with van der Waals surface area (Å²) >= 11 is 0. The Kier molecular flexibility index (Phi) is 6.09. The minimum absolute atomic E-state index is 0.0286. The molecule has 0 saturated carbocycles. The molecule has 7 nitrogen and oxygen atoms in total. The molecule has 0 spiro atoms. The highest BCUT2D eigenvalue weighted by molar-refractivity contribution is 5.74. The summed E-state index contributed by atoms with van der Waals surface area (Å²) in [5, 5.41) is 5.90. The number of hydrogen-bond donors (Lipinski definition) is 2.